The van der Waals surface area contributed by atoms with E-state index in [1.165, 1.54) is 4.68 Å². The normalized spacial score (nSPS) is 13.1. The third-order valence-corrected chi connectivity index (χ3v) is 5.39. The minimum absolute atomic E-state index is 0.253. The number of nitrogens with zero attached hydrogens (tertiary/aromatic N) is 5. The Hall–Kier alpha value is -2.55. The summed E-state index contributed by atoms with van der Waals surface area (Å²) in [6.07, 6.45) is 0. The first-order valence-electron chi connectivity index (χ1n) is 6.95. The third-order valence-electron chi connectivity index (χ3n) is 3.42. The van der Waals surface area contributed by atoms with Gasteiger partial charge in [0.2, 0.25) is 0 Å². The van der Waals surface area contributed by atoms with Crippen LogP contribution in [0.25, 0.3) is 5.69 Å². The fourth-order valence-electron chi connectivity index (χ4n) is 2.17. The van der Waals surface area contributed by atoms with Gasteiger partial charge in [0.1, 0.15) is 11.0 Å². The molecule has 0 aliphatic carbocycles. The van der Waals surface area contributed by atoms with E-state index in [-0.39, 0.29) is 11.6 Å². The second-order valence-electron chi connectivity index (χ2n) is 5.17. The summed E-state index contributed by atoms with van der Waals surface area (Å²) in [5.74, 6) is 0.303. The molecule has 0 radical (unpaired) electrons. The van der Waals surface area contributed by atoms with Gasteiger partial charge in [-0.05, 0) is 36.4 Å². The molecule has 0 N–H and O–H groups in total. The first-order chi connectivity index (χ1) is 11.0. The highest BCUT2D eigenvalue weighted by atomic mass is 32.2. The first-order valence-corrected chi connectivity index (χ1v) is 8.66. The van der Waals surface area contributed by atoms with Crippen molar-refractivity contribution in [3.05, 3.63) is 53.7 Å². The van der Waals surface area contributed by atoms with E-state index in [0.29, 0.717) is 17.1 Å². The van der Waals surface area contributed by atoms with Crippen molar-refractivity contribution in [2.24, 2.45) is 0 Å². The number of tetrazole rings is 1. The van der Waals surface area contributed by atoms with E-state index in [1.807, 2.05) is 18.2 Å². The van der Waals surface area contributed by atoms with Crippen molar-refractivity contribution in [1.82, 2.24) is 25.4 Å². The van der Waals surface area contributed by atoms with Gasteiger partial charge in [-0.1, -0.05) is 23.4 Å². The van der Waals surface area contributed by atoms with Crippen LogP contribution in [-0.2, 0) is 15.6 Å². The van der Waals surface area contributed by atoms with Gasteiger partial charge in [-0.15, -0.1) is 5.10 Å². The lowest BCUT2D eigenvalue weighted by Gasteiger charge is -2.11. The number of aromatic nitrogens is 5. The number of aryl methyl sites for hydroxylation is 1. The Kier molecular flexibility index (Phi) is 3.95. The number of rotatable bonds is 5. The van der Waals surface area contributed by atoms with E-state index in [9.17, 15) is 8.42 Å². The molecule has 0 fully saturated rings. The predicted molar refractivity (Wildman–Crippen MR) is 81.4 cm³/mol. The summed E-state index contributed by atoms with van der Waals surface area (Å²) in [6, 6.07) is 10.7. The van der Waals surface area contributed by atoms with E-state index in [4.69, 9.17) is 4.52 Å². The number of para-hydroxylation sites is 1. The molecule has 0 aliphatic rings. The second kappa shape index (κ2) is 5.92. The molecule has 3 aromatic rings. The van der Waals surface area contributed by atoms with Gasteiger partial charge in [-0.2, -0.15) is 4.68 Å². The van der Waals surface area contributed by atoms with E-state index in [0.717, 1.165) is 0 Å². The summed E-state index contributed by atoms with van der Waals surface area (Å²) in [7, 11) is -3.55. The van der Waals surface area contributed by atoms with E-state index < -0.39 is 15.1 Å². The largest absolute Gasteiger partial charge is 0.360 e. The van der Waals surface area contributed by atoms with Gasteiger partial charge in [0, 0.05) is 6.07 Å². The molecule has 0 saturated carbocycles. The standard InChI is InChI=1S/C14H15N5O3S/c1-10-8-13(22-16-10)9-23(20,21)11(2)14-15-17-18-19(14)12-6-4-3-5-7-12/h3-8,11H,9H2,1-2H3. The van der Waals surface area contributed by atoms with Crippen LogP contribution in [0, 0.1) is 6.92 Å². The molecule has 1 aromatic carbocycles. The van der Waals surface area contributed by atoms with Crippen molar-refractivity contribution in [1.29, 1.82) is 0 Å². The third kappa shape index (κ3) is 3.14. The van der Waals surface area contributed by atoms with Crippen molar-refractivity contribution in [2.75, 3.05) is 0 Å². The van der Waals surface area contributed by atoms with E-state index in [2.05, 4.69) is 20.7 Å². The SMILES string of the molecule is Cc1cc(CS(=O)(=O)C(C)c2nnnn2-c2ccccc2)on1. The average Bonchev–Trinajstić information content (AvgIpc) is 3.16. The van der Waals surface area contributed by atoms with Crippen molar-refractivity contribution >= 4 is 9.84 Å². The summed E-state index contributed by atoms with van der Waals surface area (Å²) in [5.41, 5.74) is 1.34. The molecule has 0 bridgehead atoms. The molecular weight excluding hydrogens is 318 g/mol. The monoisotopic (exact) mass is 333 g/mol. The number of hydrogen-bond donors (Lipinski definition) is 0. The Morgan fingerprint density at radius 1 is 1.26 bits per heavy atom. The maximum absolute atomic E-state index is 12.6. The van der Waals surface area contributed by atoms with E-state index >= 15 is 0 Å². The average molecular weight is 333 g/mol. The van der Waals surface area contributed by atoms with Crippen LogP contribution in [0.1, 0.15) is 29.5 Å². The maximum atomic E-state index is 12.6. The second-order valence-corrected chi connectivity index (χ2v) is 7.49. The zero-order chi connectivity index (χ0) is 16.4. The summed E-state index contributed by atoms with van der Waals surface area (Å²) in [4.78, 5) is 0. The van der Waals surface area contributed by atoms with Gasteiger partial charge >= 0.3 is 0 Å². The summed E-state index contributed by atoms with van der Waals surface area (Å²) in [5, 5.41) is 14.2. The van der Waals surface area contributed by atoms with Crippen LogP contribution >= 0.6 is 0 Å². The number of sulfone groups is 1. The summed E-state index contributed by atoms with van der Waals surface area (Å²) in [6.45, 7) is 3.29. The molecular formula is C14H15N5O3S. The van der Waals surface area contributed by atoms with Crippen LogP contribution in [0.5, 0.6) is 0 Å². The number of hydrogen-bond acceptors (Lipinski definition) is 7. The van der Waals surface area contributed by atoms with Crippen LogP contribution in [0.2, 0.25) is 0 Å². The highest BCUT2D eigenvalue weighted by molar-refractivity contribution is 7.90. The molecule has 120 valence electrons. The summed E-state index contributed by atoms with van der Waals surface area (Å²) >= 11 is 0. The molecule has 1 atom stereocenters. The number of benzene rings is 1. The fraction of sp³-hybridized carbons (Fsp3) is 0.286. The lowest BCUT2D eigenvalue weighted by atomic mass is 10.3. The lowest BCUT2D eigenvalue weighted by molar-refractivity contribution is 0.388. The van der Waals surface area contributed by atoms with Gasteiger partial charge < -0.3 is 4.52 Å². The Labute approximate surface area is 133 Å². The van der Waals surface area contributed by atoms with Crippen molar-refractivity contribution in [3.63, 3.8) is 0 Å². The quantitative estimate of drug-likeness (QED) is 0.699. The molecule has 0 saturated heterocycles. The van der Waals surface area contributed by atoms with Crippen LogP contribution in [0.15, 0.2) is 40.9 Å². The lowest BCUT2D eigenvalue weighted by Crippen LogP contribution is -2.17. The van der Waals surface area contributed by atoms with Crippen LogP contribution in [-0.4, -0.2) is 33.8 Å². The molecule has 2 aromatic heterocycles. The van der Waals surface area contributed by atoms with Crippen molar-refractivity contribution in [3.8, 4) is 5.69 Å². The highest BCUT2D eigenvalue weighted by Gasteiger charge is 2.30. The van der Waals surface area contributed by atoms with Crippen molar-refractivity contribution in [2.45, 2.75) is 24.9 Å². The van der Waals surface area contributed by atoms with Gasteiger partial charge in [0.15, 0.2) is 21.4 Å². The molecule has 2 heterocycles. The smallest absolute Gasteiger partial charge is 0.174 e. The Morgan fingerprint density at radius 3 is 2.65 bits per heavy atom. The molecule has 8 nitrogen and oxygen atoms in total. The van der Waals surface area contributed by atoms with Gasteiger partial charge in [-0.3, -0.25) is 0 Å². The molecule has 1 unspecified atom stereocenters. The van der Waals surface area contributed by atoms with Gasteiger partial charge in [0.05, 0.1) is 11.4 Å². The topological polar surface area (TPSA) is 104 Å². The van der Waals surface area contributed by atoms with Crippen molar-refractivity contribution < 1.29 is 12.9 Å². The zero-order valence-corrected chi connectivity index (χ0v) is 13.4. The molecule has 0 aliphatic heterocycles. The highest BCUT2D eigenvalue weighted by Crippen LogP contribution is 2.25. The molecule has 0 spiro atoms. The zero-order valence-electron chi connectivity index (χ0n) is 12.6. The Morgan fingerprint density at radius 2 is 2.00 bits per heavy atom. The molecule has 9 heteroatoms. The van der Waals surface area contributed by atoms with Gasteiger partial charge in [0.25, 0.3) is 0 Å². The minimum atomic E-state index is -3.55. The van der Waals surface area contributed by atoms with Gasteiger partial charge in [-0.25, -0.2) is 8.42 Å². The molecule has 23 heavy (non-hydrogen) atoms. The first kappa shape index (κ1) is 15.3. The maximum Gasteiger partial charge on any atom is 0.174 e. The minimum Gasteiger partial charge on any atom is -0.360 e. The fourth-order valence-corrected chi connectivity index (χ4v) is 3.42. The predicted octanol–water partition coefficient (Wildman–Crippen LogP) is 1.63. The Bertz CT molecular complexity index is 901. The molecule has 3 rings (SSSR count). The van der Waals surface area contributed by atoms with Crippen LogP contribution in [0.4, 0.5) is 0 Å². The Balaban J connectivity index is 1.91. The van der Waals surface area contributed by atoms with Crippen LogP contribution in [0.3, 0.4) is 0 Å². The van der Waals surface area contributed by atoms with E-state index in [1.54, 1.807) is 32.0 Å². The van der Waals surface area contributed by atoms with Crippen LogP contribution < -0.4 is 0 Å². The molecule has 0 amide bonds. The summed E-state index contributed by atoms with van der Waals surface area (Å²) < 4.78 is 31.6.